The predicted molar refractivity (Wildman–Crippen MR) is 76.6 cm³/mol. The van der Waals surface area contributed by atoms with E-state index in [1.165, 1.54) is 0 Å². The van der Waals surface area contributed by atoms with E-state index in [0.29, 0.717) is 0 Å². The molecule has 0 saturated heterocycles. The Morgan fingerprint density at radius 1 is 1.50 bits per heavy atom. The summed E-state index contributed by atoms with van der Waals surface area (Å²) >= 11 is 3.38. The second-order valence-corrected chi connectivity index (χ2v) is 6.67. The molecule has 0 radical (unpaired) electrons. The lowest BCUT2D eigenvalue weighted by atomic mass is 9.86. The van der Waals surface area contributed by atoms with Crippen LogP contribution in [0.1, 0.15) is 34.1 Å². The zero-order chi connectivity index (χ0) is 13.8. The molecule has 1 aromatic heterocycles. The number of hydrogen-bond acceptors (Lipinski definition) is 2. The summed E-state index contributed by atoms with van der Waals surface area (Å²) in [5.74, 6) is 0.0533. The number of carbonyl (C=O) groups is 1. The highest BCUT2D eigenvalue weighted by molar-refractivity contribution is 9.10. The van der Waals surface area contributed by atoms with Crippen LogP contribution in [0.5, 0.6) is 0 Å². The molecule has 5 heteroatoms. The third-order valence-electron chi connectivity index (χ3n) is 2.96. The first-order chi connectivity index (χ1) is 8.34. The van der Waals surface area contributed by atoms with Crippen molar-refractivity contribution in [3.8, 4) is 0 Å². The molecule has 0 fully saturated rings. The van der Waals surface area contributed by atoms with E-state index in [-0.39, 0.29) is 22.2 Å². The molecule has 1 amide bonds. The van der Waals surface area contributed by atoms with E-state index in [9.17, 15) is 4.79 Å². The van der Waals surface area contributed by atoms with Crippen LogP contribution in [0.15, 0.2) is 18.7 Å². The fraction of sp³-hybridized carbons (Fsp3) is 0.692. The van der Waals surface area contributed by atoms with E-state index in [0.717, 1.165) is 13.0 Å². The molecule has 2 atom stereocenters. The standard InChI is InChI=1S/C13H22BrN3O/c1-5-10(14)12(18)16-11(13(2,3)4)8-17-7-6-15-9-17/h6-7,9-11H,5,8H2,1-4H3,(H,16,18). The van der Waals surface area contributed by atoms with Crippen molar-refractivity contribution in [1.82, 2.24) is 14.9 Å². The van der Waals surface area contributed by atoms with Crippen molar-refractivity contribution in [2.24, 2.45) is 5.41 Å². The van der Waals surface area contributed by atoms with Gasteiger partial charge in [0.15, 0.2) is 0 Å². The Balaban J connectivity index is 2.71. The molecular weight excluding hydrogens is 294 g/mol. The lowest BCUT2D eigenvalue weighted by Crippen LogP contribution is -2.48. The zero-order valence-electron chi connectivity index (χ0n) is 11.5. The average molecular weight is 316 g/mol. The van der Waals surface area contributed by atoms with Gasteiger partial charge in [-0.25, -0.2) is 4.98 Å². The number of amides is 1. The smallest absolute Gasteiger partial charge is 0.234 e. The summed E-state index contributed by atoms with van der Waals surface area (Å²) in [5.41, 5.74) is 0.000388. The Hall–Kier alpha value is -0.840. The van der Waals surface area contributed by atoms with Gasteiger partial charge in [-0.1, -0.05) is 43.6 Å². The minimum Gasteiger partial charge on any atom is -0.350 e. The average Bonchev–Trinajstić information content (AvgIpc) is 2.78. The van der Waals surface area contributed by atoms with E-state index in [4.69, 9.17) is 0 Å². The number of nitrogens with one attached hydrogen (secondary N) is 1. The van der Waals surface area contributed by atoms with Crippen LogP contribution in [-0.4, -0.2) is 26.3 Å². The van der Waals surface area contributed by atoms with E-state index in [1.54, 1.807) is 12.5 Å². The van der Waals surface area contributed by atoms with Gasteiger partial charge in [-0.15, -0.1) is 0 Å². The number of rotatable bonds is 5. The molecule has 0 aromatic carbocycles. The number of imidazole rings is 1. The number of aromatic nitrogens is 2. The van der Waals surface area contributed by atoms with E-state index >= 15 is 0 Å². The summed E-state index contributed by atoms with van der Waals surface area (Å²) in [6.45, 7) is 9.11. The van der Waals surface area contributed by atoms with Gasteiger partial charge in [-0.3, -0.25) is 4.79 Å². The minimum atomic E-state index is -0.120. The molecule has 1 heterocycles. The van der Waals surface area contributed by atoms with Gasteiger partial charge in [0.2, 0.25) is 5.91 Å². The number of alkyl halides is 1. The molecule has 0 aliphatic carbocycles. The van der Waals surface area contributed by atoms with Gasteiger partial charge in [0.05, 0.1) is 17.2 Å². The second kappa shape index (κ2) is 6.36. The highest BCUT2D eigenvalue weighted by atomic mass is 79.9. The summed E-state index contributed by atoms with van der Waals surface area (Å²) in [7, 11) is 0. The third kappa shape index (κ3) is 4.44. The first-order valence-corrected chi connectivity index (χ1v) is 7.16. The van der Waals surface area contributed by atoms with Gasteiger partial charge < -0.3 is 9.88 Å². The van der Waals surface area contributed by atoms with Gasteiger partial charge in [0.1, 0.15) is 0 Å². The summed E-state index contributed by atoms with van der Waals surface area (Å²) in [5, 5.41) is 3.11. The van der Waals surface area contributed by atoms with Crippen LogP contribution in [0.25, 0.3) is 0 Å². The number of carbonyl (C=O) groups excluding carboxylic acids is 1. The monoisotopic (exact) mass is 315 g/mol. The van der Waals surface area contributed by atoms with Crippen LogP contribution in [0.4, 0.5) is 0 Å². The Bertz CT molecular complexity index is 370. The molecule has 0 spiro atoms. The van der Waals surface area contributed by atoms with Crippen molar-refractivity contribution >= 4 is 21.8 Å². The molecule has 0 aliphatic heterocycles. The Labute approximate surface area is 117 Å². The minimum absolute atomic E-state index is 0.000388. The van der Waals surface area contributed by atoms with E-state index in [1.807, 2.05) is 17.7 Å². The highest BCUT2D eigenvalue weighted by Gasteiger charge is 2.28. The van der Waals surface area contributed by atoms with Crippen molar-refractivity contribution in [2.75, 3.05) is 0 Å². The SMILES string of the molecule is CCC(Br)C(=O)NC(Cn1ccnc1)C(C)(C)C. The molecule has 0 aliphatic rings. The first kappa shape index (κ1) is 15.2. The van der Waals surface area contributed by atoms with Crippen LogP contribution in [0.3, 0.4) is 0 Å². The van der Waals surface area contributed by atoms with Crippen LogP contribution in [0.2, 0.25) is 0 Å². The van der Waals surface area contributed by atoms with Crippen molar-refractivity contribution in [3.63, 3.8) is 0 Å². The molecule has 4 nitrogen and oxygen atoms in total. The Kier molecular flexibility index (Phi) is 5.38. The summed E-state index contributed by atoms with van der Waals surface area (Å²) < 4.78 is 1.99. The fourth-order valence-corrected chi connectivity index (χ4v) is 1.72. The normalized spacial score (nSPS) is 15.2. The molecule has 0 bridgehead atoms. The Morgan fingerprint density at radius 2 is 2.17 bits per heavy atom. The lowest BCUT2D eigenvalue weighted by molar-refractivity contribution is -0.122. The highest BCUT2D eigenvalue weighted by Crippen LogP contribution is 2.21. The molecule has 1 rings (SSSR count). The lowest BCUT2D eigenvalue weighted by Gasteiger charge is -2.32. The van der Waals surface area contributed by atoms with E-state index < -0.39 is 0 Å². The van der Waals surface area contributed by atoms with Gasteiger partial charge in [0.25, 0.3) is 0 Å². The Morgan fingerprint density at radius 3 is 2.61 bits per heavy atom. The summed E-state index contributed by atoms with van der Waals surface area (Å²) in [6, 6.07) is 0.0748. The van der Waals surface area contributed by atoms with Gasteiger partial charge in [-0.05, 0) is 11.8 Å². The molecule has 1 N–H and O–H groups in total. The van der Waals surface area contributed by atoms with Crippen LogP contribution in [-0.2, 0) is 11.3 Å². The molecule has 18 heavy (non-hydrogen) atoms. The van der Waals surface area contributed by atoms with Gasteiger partial charge in [0, 0.05) is 18.9 Å². The van der Waals surface area contributed by atoms with Gasteiger partial charge >= 0.3 is 0 Å². The number of halogens is 1. The molecular formula is C13H22BrN3O. The fourth-order valence-electron chi connectivity index (χ4n) is 1.59. The topological polar surface area (TPSA) is 46.9 Å². The molecule has 0 saturated carbocycles. The third-order valence-corrected chi connectivity index (χ3v) is 4.02. The summed E-state index contributed by atoms with van der Waals surface area (Å²) in [6.07, 6.45) is 6.22. The quantitative estimate of drug-likeness (QED) is 0.849. The van der Waals surface area contributed by atoms with Gasteiger partial charge in [-0.2, -0.15) is 0 Å². The van der Waals surface area contributed by atoms with Crippen molar-refractivity contribution in [3.05, 3.63) is 18.7 Å². The second-order valence-electron chi connectivity index (χ2n) is 5.56. The number of nitrogens with zero attached hydrogens (tertiary/aromatic N) is 2. The largest absolute Gasteiger partial charge is 0.350 e. The van der Waals surface area contributed by atoms with Crippen LogP contribution >= 0.6 is 15.9 Å². The van der Waals surface area contributed by atoms with Crippen molar-refractivity contribution in [2.45, 2.75) is 51.5 Å². The first-order valence-electron chi connectivity index (χ1n) is 6.24. The maximum absolute atomic E-state index is 12.0. The number of hydrogen-bond donors (Lipinski definition) is 1. The van der Waals surface area contributed by atoms with Crippen LogP contribution < -0.4 is 5.32 Å². The molecule has 2 unspecified atom stereocenters. The molecule has 1 aromatic rings. The maximum Gasteiger partial charge on any atom is 0.234 e. The predicted octanol–water partition coefficient (Wildman–Crippen LogP) is 2.59. The van der Waals surface area contributed by atoms with Crippen LogP contribution in [0, 0.1) is 5.41 Å². The zero-order valence-corrected chi connectivity index (χ0v) is 13.1. The molecule has 102 valence electrons. The maximum atomic E-state index is 12.0. The van der Waals surface area contributed by atoms with E-state index in [2.05, 4.69) is 47.0 Å². The van der Waals surface area contributed by atoms with Crippen molar-refractivity contribution in [1.29, 1.82) is 0 Å². The summed E-state index contributed by atoms with van der Waals surface area (Å²) in [4.78, 5) is 15.9. The van der Waals surface area contributed by atoms with Crippen molar-refractivity contribution < 1.29 is 4.79 Å².